The van der Waals surface area contributed by atoms with Crippen LogP contribution in [-0.4, -0.2) is 186 Å². The summed E-state index contributed by atoms with van der Waals surface area (Å²) in [7, 11) is 8.44. The fraction of sp³-hybridized carbons (Fsp3) is 0.880. The molecule has 1 amide bonds. The summed E-state index contributed by atoms with van der Waals surface area (Å²) in [6.07, 6.45) is 12.7. The largest absolute Gasteiger partial charge is 0.480 e. The Hall–Kier alpha value is -1.27. The van der Waals surface area contributed by atoms with Gasteiger partial charge >= 0.3 is 17.9 Å². The number of nitrogens with two attached hydrogens (primary N) is 1. The van der Waals surface area contributed by atoms with Gasteiger partial charge in [0.25, 0.3) is 0 Å². The van der Waals surface area contributed by atoms with E-state index in [4.69, 9.17) is 31.2 Å². The van der Waals surface area contributed by atoms with Crippen LogP contribution in [0.2, 0.25) is 0 Å². The van der Waals surface area contributed by atoms with Crippen LogP contribution >= 0.6 is 43.7 Å². The van der Waals surface area contributed by atoms with Crippen molar-refractivity contribution in [3.63, 3.8) is 0 Å². The lowest BCUT2D eigenvalue weighted by Gasteiger charge is -2.31. The number of ether oxygens (including phenoxy) is 1. The Morgan fingerprint density at radius 1 is 0.611 bits per heavy atom. The summed E-state index contributed by atoms with van der Waals surface area (Å²) in [6, 6.07) is 5.14. The van der Waals surface area contributed by atoms with E-state index in [1.807, 2.05) is 36.8 Å². The molecule has 5 saturated carbocycles. The van der Waals surface area contributed by atoms with E-state index in [2.05, 4.69) is 56.8 Å². The molecule has 0 aromatic carbocycles. The zero-order valence-corrected chi connectivity index (χ0v) is 50.5. The predicted octanol–water partition coefficient (Wildman–Crippen LogP) is 6.08. The number of methoxy groups -OCH3 is 1. The molecule has 0 aromatic heterocycles. The summed E-state index contributed by atoms with van der Waals surface area (Å²) in [5.41, 5.74) is 3.88. The molecule has 5 saturated heterocycles. The molecule has 19 unspecified atom stereocenters. The number of esters is 1. The fourth-order valence-corrected chi connectivity index (χ4v) is 14.4. The molecule has 0 radical (unpaired) electrons. The zero-order chi connectivity index (χ0) is 53.7. The number of carboxylic acids is 2. The number of nitriles is 2. The second kappa shape index (κ2) is 29.5. The number of likely N-dealkylation sites (N-methyl/N-ethyl adjacent to an activating group) is 2. The molecule has 0 bridgehead atoms. The number of aliphatic carboxylic acids is 2. The lowest BCUT2D eigenvalue weighted by molar-refractivity contribution is -0.146. The van der Waals surface area contributed by atoms with Gasteiger partial charge in [0.15, 0.2) is 0 Å². The molecule has 0 aromatic rings. The maximum absolute atomic E-state index is 11.4. The maximum Gasteiger partial charge on any atom is 0.323 e. The number of hydrogen-bond acceptors (Lipinski definition) is 14. The number of piperidine rings is 5. The Kier molecular flexibility index (Phi) is 25.9. The van der Waals surface area contributed by atoms with Gasteiger partial charge < -0.3 is 31.3 Å². The molecule has 10 fully saturated rings. The highest BCUT2D eigenvalue weighted by Gasteiger charge is 2.49. The lowest BCUT2D eigenvalue weighted by atomic mass is 10.0. The van der Waals surface area contributed by atoms with Gasteiger partial charge in [0, 0.05) is 19.6 Å². The predicted molar refractivity (Wildman–Crippen MR) is 300 cm³/mol. The van der Waals surface area contributed by atoms with Gasteiger partial charge in [-0.1, -0.05) is 43.7 Å². The monoisotopic (exact) mass is 1100 g/mol. The Morgan fingerprint density at radius 2 is 1.04 bits per heavy atom. The van der Waals surface area contributed by atoms with Gasteiger partial charge in [-0.2, -0.15) is 10.5 Å². The van der Waals surface area contributed by atoms with Crippen molar-refractivity contribution in [3.8, 4) is 12.1 Å². The number of primary amides is 1. The van der Waals surface area contributed by atoms with Crippen LogP contribution in [0.25, 0.3) is 0 Å². The first-order valence-electron chi connectivity index (χ1n) is 26.3. The summed E-state index contributed by atoms with van der Waals surface area (Å²) < 4.78 is 15.3. The summed E-state index contributed by atoms with van der Waals surface area (Å²) in [6.45, 7) is 24.2. The summed E-state index contributed by atoms with van der Waals surface area (Å²) in [5.74, 6) is 7.59. The Balaban J connectivity index is 0.000000183. The number of rotatable bonds is 11. The van der Waals surface area contributed by atoms with E-state index in [0.29, 0.717) is 17.5 Å². The van der Waals surface area contributed by atoms with Crippen LogP contribution < -0.4 is 16.4 Å². The van der Waals surface area contributed by atoms with Crippen molar-refractivity contribution in [1.29, 1.82) is 10.5 Å². The minimum Gasteiger partial charge on any atom is -0.480 e. The number of nitrogens with zero attached hydrogens (tertiary/aromatic N) is 7. The van der Waals surface area contributed by atoms with Gasteiger partial charge in [-0.3, -0.25) is 42.5 Å². The molecule has 10 rings (SSSR count). The van der Waals surface area contributed by atoms with Crippen molar-refractivity contribution in [2.24, 2.45) is 64.9 Å². The van der Waals surface area contributed by atoms with E-state index in [1.54, 1.807) is 27.7 Å². The molecule has 410 valence electrons. The number of carboxylic acid groups (broad SMARTS) is 2. The van der Waals surface area contributed by atoms with Gasteiger partial charge in [0.1, 0.15) is 23.2 Å². The highest BCUT2D eigenvalue weighted by molar-refractivity contribution is 7.35. The highest BCUT2D eigenvalue weighted by atomic mass is 31.1. The SMILES string of the molecule is C1CC2CC2CN1.COC(=O)C1CC2CC2CN1PC.CPN(C)C(C)(C)C(=O)O.CPN(C)C(C)(C)C(=O)O.CPN1CC2CC2CC1C#N.CPN1CC2CC2CC1C(N)=O.N#CC1CC2CC2CN1. The normalized spacial score (nSPS) is 34.9. The van der Waals surface area contributed by atoms with E-state index in [9.17, 15) is 19.2 Å². The number of carbonyl (C=O) groups excluding carboxylic acids is 2. The first-order valence-corrected chi connectivity index (χ1v) is 33.5. The standard InChI is InChI=1S/C9H16NO2P.C8H15N2OP.C8H13N2P.C7H10N2.2C6H14NO2P.C6H11N/c1-12-9(11)8-4-6-3-7(6)5-10(8)13-2;1-12-10-4-6-2-5(6)3-7(10)8(9)11;1-11-10-5-7-2-6(7)3-8(10)4-9;8-3-7-2-5-1-6(5)4-9-7;2*1-6(2,5(8)9)7(3)10-4;1-2-7-4-6-3-5(1)6/h6-8,13H,3-5H2,1-2H3;5-7,12H,2-4H2,1H3,(H2,9,11);6-8,11H,2-3,5H2,1H3;5-7,9H,1-2,4H2;2*10H,1-4H3,(H,8,9);5-7H,1-4H2. The molecule has 6 N–H and O–H groups in total. The highest BCUT2D eigenvalue weighted by Crippen LogP contribution is 2.51. The minimum absolute atomic E-state index is 0.0390. The van der Waals surface area contributed by atoms with Crippen LogP contribution in [0, 0.1) is 81.8 Å². The van der Waals surface area contributed by atoms with Gasteiger partial charge in [0.05, 0.1) is 31.3 Å². The molecule has 72 heavy (non-hydrogen) atoms. The first-order chi connectivity index (χ1) is 34.0. The van der Waals surface area contributed by atoms with E-state index < -0.39 is 23.0 Å². The second-order valence-electron chi connectivity index (χ2n) is 22.3. The molecule has 22 heteroatoms. The number of fused-ring (bicyclic) bond motifs is 5. The second-order valence-corrected chi connectivity index (χ2v) is 27.6. The van der Waals surface area contributed by atoms with E-state index in [0.717, 1.165) is 131 Å². The van der Waals surface area contributed by atoms with E-state index in [1.165, 1.54) is 65.3 Å². The fourth-order valence-electron chi connectivity index (χ4n) is 10.3. The third-order valence-corrected chi connectivity index (χ3v) is 22.6. The number of nitrogens with one attached hydrogen (secondary N) is 2. The Labute approximate surface area is 442 Å². The minimum atomic E-state index is -0.774. The lowest BCUT2D eigenvalue weighted by Crippen LogP contribution is -2.44. The van der Waals surface area contributed by atoms with Gasteiger partial charge in [-0.05, 0) is 218 Å². The Morgan fingerprint density at radius 3 is 1.42 bits per heavy atom. The zero-order valence-electron chi connectivity index (χ0n) is 45.5. The average Bonchev–Trinajstić information content (AvgIpc) is 4.15. The summed E-state index contributed by atoms with van der Waals surface area (Å²) in [4.78, 5) is 43.7. The number of hydrogen-bond donors (Lipinski definition) is 5. The summed E-state index contributed by atoms with van der Waals surface area (Å²) >= 11 is 0. The van der Waals surface area contributed by atoms with Crippen LogP contribution in [0.1, 0.15) is 91.9 Å². The smallest absolute Gasteiger partial charge is 0.323 e. The molecule has 10 aliphatic rings. The van der Waals surface area contributed by atoms with Crippen LogP contribution in [-0.2, 0) is 23.9 Å². The van der Waals surface area contributed by atoms with Gasteiger partial charge in [-0.15, -0.1) is 0 Å². The molecule has 5 heterocycles. The van der Waals surface area contributed by atoms with E-state index in [-0.39, 0.29) is 36.0 Å². The van der Waals surface area contributed by atoms with Crippen molar-refractivity contribution >= 4 is 67.5 Å². The van der Waals surface area contributed by atoms with Crippen LogP contribution in [0.5, 0.6) is 0 Å². The van der Waals surface area contributed by atoms with Crippen molar-refractivity contribution in [2.75, 3.05) is 93.8 Å². The van der Waals surface area contributed by atoms with Crippen molar-refractivity contribution in [3.05, 3.63) is 0 Å². The van der Waals surface area contributed by atoms with E-state index >= 15 is 0 Å². The third-order valence-electron chi connectivity index (χ3n) is 17.0. The Bertz CT molecular complexity index is 1820. The van der Waals surface area contributed by atoms with Crippen molar-refractivity contribution in [1.82, 2.24) is 34.0 Å². The maximum atomic E-state index is 11.4. The van der Waals surface area contributed by atoms with Crippen LogP contribution in [0.15, 0.2) is 0 Å². The molecule has 5 aliphatic heterocycles. The van der Waals surface area contributed by atoms with Crippen LogP contribution in [0.4, 0.5) is 0 Å². The molecular formula is C50H93N10O7P5. The topological polar surface area (TPSA) is 232 Å². The quantitative estimate of drug-likeness (QED) is 0.117. The molecule has 5 aliphatic carbocycles. The number of amides is 1. The molecular weight excluding hydrogens is 1010 g/mol. The van der Waals surface area contributed by atoms with Gasteiger partial charge in [0.2, 0.25) is 5.91 Å². The number of carbonyl (C=O) groups is 4. The average molecular weight is 1100 g/mol. The molecule has 17 nitrogen and oxygen atoms in total. The molecule has 0 spiro atoms. The van der Waals surface area contributed by atoms with Crippen molar-refractivity contribution in [2.45, 2.75) is 127 Å². The molecule has 19 atom stereocenters. The first kappa shape index (κ1) is 63.3. The van der Waals surface area contributed by atoms with Gasteiger partial charge in [-0.25, -0.2) is 0 Å². The van der Waals surface area contributed by atoms with Crippen LogP contribution in [0.3, 0.4) is 0 Å². The third kappa shape index (κ3) is 19.0. The summed E-state index contributed by atoms with van der Waals surface area (Å²) in [5, 5.41) is 41.3. The van der Waals surface area contributed by atoms with Crippen molar-refractivity contribution < 1.29 is 34.1 Å².